The Kier molecular flexibility index (Phi) is 5.71. The molecule has 10 nitrogen and oxygen atoms in total. The van der Waals surface area contributed by atoms with E-state index in [-0.39, 0.29) is 41.5 Å². The Hall–Kier alpha value is -3.14. The first-order valence-corrected chi connectivity index (χ1v) is 12.0. The van der Waals surface area contributed by atoms with Crippen molar-refractivity contribution in [3.8, 4) is 5.88 Å². The van der Waals surface area contributed by atoms with E-state index in [1.807, 2.05) is 13.8 Å². The summed E-state index contributed by atoms with van der Waals surface area (Å²) in [7, 11) is 0. The molecule has 2 aromatic rings. The van der Waals surface area contributed by atoms with Crippen LogP contribution < -0.4 is 10.9 Å². The minimum absolute atomic E-state index is 0.0415. The Balaban J connectivity index is 1.55. The van der Waals surface area contributed by atoms with E-state index in [9.17, 15) is 19.5 Å². The number of morpholine rings is 1. The van der Waals surface area contributed by atoms with E-state index < -0.39 is 11.5 Å². The lowest BCUT2D eigenvalue weighted by Gasteiger charge is -2.31. The Morgan fingerprint density at radius 1 is 1.21 bits per heavy atom. The lowest BCUT2D eigenvalue weighted by atomic mass is 10.1. The van der Waals surface area contributed by atoms with Gasteiger partial charge in [0.2, 0.25) is 11.8 Å². The molecule has 3 aliphatic rings. The van der Waals surface area contributed by atoms with Gasteiger partial charge in [-0.15, -0.1) is 0 Å². The number of hydrogen-bond acceptors (Lipinski definition) is 6. The molecule has 2 saturated heterocycles. The molecule has 2 atom stereocenters. The van der Waals surface area contributed by atoms with Crippen molar-refractivity contribution in [3.63, 3.8) is 0 Å². The van der Waals surface area contributed by atoms with Crippen LogP contribution in [0.4, 0.5) is 0 Å². The van der Waals surface area contributed by atoms with Gasteiger partial charge in [0.05, 0.1) is 17.9 Å². The maximum atomic E-state index is 13.2. The van der Waals surface area contributed by atoms with Gasteiger partial charge >= 0.3 is 0 Å². The molecule has 1 aliphatic carbocycles. The van der Waals surface area contributed by atoms with Crippen molar-refractivity contribution in [2.45, 2.75) is 71.2 Å². The smallest absolute Gasteiger partial charge is 0.291 e. The highest BCUT2D eigenvalue weighted by Crippen LogP contribution is 2.28. The molecule has 2 aromatic heterocycles. The number of aryl methyl sites for hydroxylation is 1. The molecule has 5 rings (SSSR count). The lowest BCUT2D eigenvalue weighted by molar-refractivity contribution is -0.134. The van der Waals surface area contributed by atoms with Crippen molar-refractivity contribution >= 4 is 23.5 Å². The van der Waals surface area contributed by atoms with Crippen LogP contribution in [-0.4, -0.2) is 67.3 Å². The highest BCUT2D eigenvalue weighted by molar-refractivity contribution is 5.97. The molecule has 1 saturated carbocycles. The van der Waals surface area contributed by atoms with E-state index in [4.69, 9.17) is 4.74 Å². The van der Waals surface area contributed by atoms with Crippen molar-refractivity contribution in [1.82, 2.24) is 24.4 Å². The highest BCUT2D eigenvalue weighted by Gasteiger charge is 2.35. The summed E-state index contributed by atoms with van der Waals surface area (Å²) >= 11 is 0. The molecule has 2 bridgehead atoms. The third-order valence-corrected chi connectivity index (χ3v) is 6.66. The molecule has 2 amide bonds. The second-order valence-electron chi connectivity index (χ2n) is 10.0. The van der Waals surface area contributed by atoms with E-state index >= 15 is 0 Å². The average Bonchev–Trinajstić information content (AvgIpc) is 3.44. The zero-order valence-electron chi connectivity index (χ0n) is 19.8. The van der Waals surface area contributed by atoms with Gasteiger partial charge in [-0.1, -0.05) is 13.8 Å². The van der Waals surface area contributed by atoms with Crippen LogP contribution in [0.2, 0.25) is 0 Å². The Bertz CT molecular complexity index is 1230. The molecule has 2 aliphatic heterocycles. The molecule has 0 aromatic carbocycles. The van der Waals surface area contributed by atoms with Gasteiger partial charge in [-0.05, 0) is 44.6 Å². The molecule has 4 heterocycles. The van der Waals surface area contributed by atoms with Gasteiger partial charge < -0.3 is 20.1 Å². The van der Waals surface area contributed by atoms with Crippen LogP contribution in [0.25, 0.3) is 11.7 Å². The number of amides is 2. The fraction of sp³-hybridized carbons (Fsp3) is 0.583. The first kappa shape index (κ1) is 22.6. The maximum Gasteiger partial charge on any atom is 0.291 e. The monoisotopic (exact) mass is 469 g/mol. The molecular formula is C24H31N5O5. The van der Waals surface area contributed by atoms with E-state index in [1.54, 1.807) is 22.5 Å². The maximum absolute atomic E-state index is 13.2. The van der Waals surface area contributed by atoms with Crippen molar-refractivity contribution in [2.75, 3.05) is 13.1 Å². The summed E-state index contributed by atoms with van der Waals surface area (Å²) in [5.74, 6) is -0.975. The van der Waals surface area contributed by atoms with Crippen LogP contribution in [0, 0.1) is 12.8 Å². The number of aromatic hydroxyl groups is 1. The summed E-state index contributed by atoms with van der Waals surface area (Å²) < 4.78 is 8.53. The lowest BCUT2D eigenvalue weighted by Crippen LogP contribution is -2.45. The summed E-state index contributed by atoms with van der Waals surface area (Å²) in [5, 5.41) is 18.2. The van der Waals surface area contributed by atoms with E-state index in [2.05, 4.69) is 10.4 Å². The zero-order valence-corrected chi connectivity index (χ0v) is 19.8. The van der Waals surface area contributed by atoms with Gasteiger partial charge in [-0.2, -0.15) is 9.61 Å². The zero-order chi connectivity index (χ0) is 24.1. The quantitative estimate of drug-likeness (QED) is 0.619. The van der Waals surface area contributed by atoms with Crippen LogP contribution in [0.15, 0.2) is 10.9 Å². The summed E-state index contributed by atoms with van der Waals surface area (Å²) in [4.78, 5) is 40.7. The number of fused-ring (bicyclic) bond motifs is 3. The van der Waals surface area contributed by atoms with Crippen LogP contribution in [0.5, 0.6) is 5.88 Å². The summed E-state index contributed by atoms with van der Waals surface area (Å²) in [5.41, 5.74) is 0.469. The minimum Gasteiger partial charge on any atom is -0.494 e. The predicted octanol–water partition coefficient (Wildman–Crippen LogP) is 1.46. The number of carbonyl (C=O) groups excluding carboxylic acids is 2. The molecule has 182 valence electrons. The van der Waals surface area contributed by atoms with E-state index in [0.717, 1.165) is 25.7 Å². The van der Waals surface area contributed by atoms with Gasteiger partial charge in [0.25, 0.3) is 11.5 Å². The van der Waals surface area contributed by atoms with Gasteiger partial charge in [-0.25, -0.2) is 0 Å². The topological polar surface area (TPSA) is 118 Å². The SMILES string of the molecule is Cc1nn2c(=O)c(C(=O)NC3CC3)c(O)n(CC(C)C)c2c1C=CC(=O)N1CC2CCC(C1)O2. The Morgan fingerprint density at radius 2 is 1.88 bits per heavy atom. The van der Waals surface area contributed by atoms with Crippen LogP contribution >= 0.6 is 0 Å². The number of nitrogens with zero attached hydrogens (tertiary/aromatic N) is 4. The summed E-state index contributed by atoms with van der Waals surface area (Å²) in [6.45, 7) is 7.22. The molecule has 2 unspecified atom stereocenters. The van der Waals surface area contributed by atoms with Crippen molar-refractivity contribution in [3.05, 3.63) is 33.3 Å². The van der Waals surface area contributed by atoms with Crippen molar-refractivity contribution in [1.29, 1.82) is 0 Å². The first-order chi connectivity index (χ1) is 16.2. The number of hydrogen-bond donors (Lipinski definition) is 2. The number of carbonyl (C=O) groups is 2. The average molecular weight is 470 g/mol. The third kappa shape index (κ3) is 4.11. The van der Waals surface area contributed by atoms with Crippen LogP contribution in [0.1, 0.15) is 61.1 Å². The van der Waals surface area contributed by atoms with Crippen LogP contribution in [0.3, 0.4) is 0 Å². The first-order valence-electron chi connectivity index (χ1n) is 12.0. The van der Waals surface area contributed by atoms with Gasteiger partial charge in [-0.3, -0.25) is 19.0 Å². The number of rotatable bonds is 6. The minimum atomic E-state index is -0.676. The predicted molar refractivity (Wildman–Crippen MR) is 125 cm³/mol. The van der Waals surface area contributed by atoms with Crippen molar-refractivity contribution < 1.29 is 19.4 Å². The number of nitrogens with one attached hydrogen (secondary N) is 1. The van der Waals surface area contributed by atoms with E-state index in [0.29, 0.717) is 36.5 Å². The molecule has 10 heteroatoms. The Labute approximate surface area is 197 Å². The summed E-state index contributed by atoms with van der Waals surface area (Å²) in [6, 6.07) is 0.0415. The summed E-state index contributed by atoms with van der Waals surface area (Å²) in [6.07, 6.45) is 7.02. The molecule has 3 fully saturated rings. The fourth-order valence-electron chi connectivity index (χ4n) is 4.84. The normalized spacial score (nSPS) is 22.3. The second kappa shape index (κ2) is 8.57. The van der Waals surface area contributed by atoms with Crippen molar-refractivity contribution in [2.24, 2.45) is 5.92 Å². The second-order valence-corrected chi connectivity index (χ2v) is 10.0. The van der Waals surface area contributed by atoms with Crippen LogP contribution in [-0.2, 0) is 16.1 Å². The fourth-order valence-corrected chi connectivity index (χ4v) is 4.84. The third-order valence-electron chi connectivity index (χ3n) is 6.66. The van der Waals surface area contributed by atoms with Gasteiger partial charge in [0.15, 0.2) is 5.56 Å². The number of aromatic nitrogens is 3. The molecule has 0 spiro atoms. The molecule has 34 heavy (non-hydrogen) atoms. The number of likely N-dealkylation sites (tertiary alicyclic amines) is 1. The Morgan fingerprint density at radius 3 is 2.50 bits per heavy atom. The molecule has 0 radical (unpaired) electrons. The highest BCUT2D eigenvalue weighted by atomic mass is 16.5. The van der Waals surface area contributed by atoms with Gasteiger partial charge in [0.1, 0.15) is 5.65 Å². The number of ether oxygens (including phenoxy) is 1. The van der Waals surface area contributed by atoms with E-state index in [1.165, 1.54) is 10.6 Å². The largest absolute Gasteiger partial charge is 0.494 e. The molecular weight excluding hydrogens is 438 g/mol. The van der Waals surface area contributed by atoms with Gasteiger partial charge in [0, 0.05) is 37.3 Å². The molecule has 2 N–H and O–H groups in total. The standard InChI is InChI=1S/C24H31N5O5/c1-13(2)10-28-22-18(8-9-19(30)27-11-16-6-7-17(12-27)34-16)14(3)26-29(22)24(33)20(23(28)32)21(31)25-15-4-5-15/h8-9,13,15-17,32H,4-7,10-12H2,1-3H3,(H,25,31).